The lowest BCUT2D eigenvalue weighted by Crippen LogP contribution is -2.39. The highest BCUT2D eigenvalue weighted by Crippen LogP contribution is 2.33. The van der Waals surface area contributed by atoms with Gasteiger partial charge in [-0.25, -0.2) is 4.98 Å². The van der Waals surface area contributed by atoms with Crippen LogP contribution in [0.1, 0.15) is 23.5 Å². The second-order valence-electron chi connectivity index (χ2n) is 6.64. The maximum atomic E-state index is 13.1. The standard InChI is InChI=1S/C21H20N4O2/c1-27-18-8-3-2-6-16(18)19-17-7-4-5-11-25(17)20(23-19)21(26)24-12-9-15(14-22)10-13-24/h2-8,11,15H,9-10,12-13H2,1H3. The monoisotopic (exact) mass is 360 g/mol. The molecule has 0 bridgehead atoms. The molecule has 0 atom stereocenters. The van der Waals surface area contributed by atoms with Crippen molar-refractivity contribution < 1.29 is 9.53 Å². The van der Waals surface area contributed by atoms with Gasteiger partial charge in [0.25, 0.3) is 5.91 Å². The maximum Gasteiger partial charge on any atom is 0.290 e. The highest BCUT2D eigenvalue weighted by molar-refractivity contribution is 5.95. The number of fused-ring (bicyclic) bond motifs is 1. The second kappa shape index (κ2) is 7.12. The number of ether oxygens (including phenoxy) is 1. The van der Waals surface area contributed by atoms with Gasteiger partial charge in [0.2, 0.25) is 5.82 Å². The molecular weight excluding hydrogens is 340 g/mol. The Morgan fingerprint density at radius 2 is 1.93 bits per heavy atom. The van der Waals surface area contributed by atoms with E-state index in [-0.39, 0.29) is 11.8 Å². The van der Waals surface area contributed by atoms with Gasteiger partial charge in [0.1, 0.15) is 11.4 Å². The molecule has 27 heavy (non-hydrogen) atoms. The van der Waals surface area contributed by atoms with Crippen LogP contribution < -0.4 is 4.74 Å². The lowest BCUT2D eigenvalue weighted by atomic mass is 9.98. The molecule has 0 unspecified atom stereocenters. The van der Waals surface area contributed by atoms with Gasteiger partial charge in [-0.15, -0.1) is 0 Å². The number of aromatic nitrogens is 2. The first kappa shape index (κ1) is 17.1. The number of carbonyl (C=O) groups is 1. The highest BCUT2D eigenvalue weighted by atomic mass is 16.5. The zero-order valence-electron chi connectivity index (χ0n) is 15.1. The van der Waals surface area contributed by atoms with Gasteiger partial charge >= 0.3 is 0 Å². The van der Waals surface area contributed by atoms with E-state index >= 15 is 0 Å². The van der Waals surface area contributed by atoms with Crippen LogP contribution in [0.3, 0.4) is 0 Å². The Morgan fingerprint density at radius 1 is 1.19 bits per heavy atom. The minimum absolute atomic E-state index is 0.0372. The average Bonchev–Trinajstić information content (AvgIpc) is 3.13. The predicted octanol–water partition coefficient (Wildman–Crippen LogP) is 3.39. The first-order valence-corrected chi connectivity index (χ1v) is 9.02. The summed E-state index contributed by atoms with van der Waals surface area (Å²) in [7, 11) is 1.63. The van der Waals surface area contributed by atoms with E-state index in [0.717, 1.165) is 22.5 Å². The van der Waals surface area contributed by atoms with Crippen molar-refractivity contribution in [3.8, 4) is 23.1 Å². The molecule has 6 nitrogen and oxygen atoms in total. The molecule has 0 N–H and O–H groups in total. The molecule has 4 rings (SSSR count). The minimum Gasteiger partial charge on any atom is -0.496 e. The third kappa shape index (κ3) is 3.02. The molecule has 1 fully saturated rings. The van der Waals surface area contributed by atoms with Crippen LogP contribution in [-0.4, -0.2) is 40.4 Å². The Morgan fingerprint density at radius 3 is 2.67 bits per heavy atom. The average molecular weight is 360 g/mol. The number of hydrogen-bond donors (Lipinski definition) is 0. The molecule has 136 valence electrons. The second-order valence-corrected chi connectivity index (χ2v) is 6.64. The zero-order valence-corrected chi connectivity index (χ0v) is 15.1. The van der Waals surface area contributed by atoms with Crippen molar-refractivity contribution in [2.75, 3.05) is 20.2 Å². The Kier molecular flexibility index (Phi) is 4.51. The molecule has 3 heterocycles. The summed E-state index contributed by atoms with van der Waals surface area (Å²) in [4.78, 5) is 19.6. The van der Waals surface area contributed by atoms with E-state index in [4.69, 9.17) is 15.0 Å². The van der Waals surface area contributed by atoms with Crippen molar-refractivity contribution in [2.45, 2.75) is 12.8 Å². The molecule has 0 spiro atoms. The van der Waals surface area contributed by atoms with Crippen LogP contribution in [0.2, 0.25) is 0 Å². The SMILES string of the molecule is COc1ccccc1-c1nc(C(=O)N2CCC(C#N)CC2)n2ccccc12. The van der Waals surface area contributed by atoms with Crippen LogP contribution in [0.25, 0.3) is 16.8 Å². The summed E-state index contributed by atoms with van der Waals surface area (Å²) in [6, 6.07) is 15.7. The van der Waals surface area contributed by atoms with Crippen LogP contribution in [-0.2, 0) is 0 Å². The third-order valence-electron chi connectivity index (χ3n) is 5.07. The summed E-state index contributed by atoms with van der Waals surface area (Å²) < 4.78 is 7.32. The fraction of sp³-hybridized carbons (Fsp3) is 0.286. The number of pyridine rings is 1. The van der Waals surface area contributed by atoms with Crippen molar-refractivity contribution in [3.63, 3.8) is 0 Å². The summed E-state index contributed by atoms with van der Waals surface area (Å²) >= 11 is 0. The first-order valence-electron chi connectivity index (χ1n) is 9.02. The molecular formula is C21H20N4O2. The molecule has 3 aromatic rings. The molecule has 1 aliphatic heterocycles. The number of nitriles is 1. The maximum absolute atomic E-state index is 13.1. The van der Waals surface area contributed by atoms with Gasteiger partial charge in [-0.1, -0.05) is 18.2 Å². The smallest absolute Gasteiger partial charge is 0.290 e. The van der Waals surface area contributed by atoms with Crippen molar-refractivity contribution >= 4 is 11.4 Å². The Balaban J connectivity index is 1.77. The molecule has 6 heteroatoms. The van der Waals surface area contributed by atoms with E-state index in [1.165, 1.54) is 0 Å². The Hall–Kier alpha value is -3.33. The molecule has 0 aliphatic carbocycles. The summed E-state index contributed by atoms with van der Waals surface area (Å²) in [5.41, 5.74) is 2.44. The van der Waals surface area contributed by atoms with Crippen LogP contribution >= 0.6 is 0 Å². The summed E-state index contributed by atoms with van der Waals surface area (Å²) in [6.45, 7) is 1.17. The number of methoxy groups -OCH3 is 1. The molecule has 0 radical (unpaired) electrons. The number of piperidine rings is 1. The van der Waals surface area contributed by atoms with Crippen LogP contribution in [0, 0.1) is 17.2 Å². The Bertz CT molecular complexity index is 1030. The van der Waals surface area contributed by atoms with Gasteiger partial charge in [-0.2, -0.15) is 5.26 Å². The van der Waals surface area contributed by atoms with E-state index < -0.39 is 0 Å². The number of benzene rings is 1. The fourth-order valence-corrected chi connectivity index (χ4v) is 3.58. The van der Waals surface area contributed by atoms with E-state index in [1.807, 2.05) is 53.1 Å². The van der Waals surface area contributed by atoms with Gasteiger partial charge in [0.05, 0.1) is 18.7 Å². The lowest BCUT2D eigenvalue weighted by molar-refractivity contribution is 0.0694. The normalized spacial score (nSPS) is 14.9. The van der Waals surface area contributed by atoms with E-state index in [2.05, 4.69) is 6.07 Å². The van der Waals surface area contributed by atoms with E-state index in [9.17, 15) is 4.79 Å². The fourth-order valence-electron chi connectivity index (χ4n) is 3.58. The zero-order chi connectivity index (χ0) is 18.8. The topological polar surface area (TPSA) is 70.6 Å². The minimum atomic E-state index is -0.103. The van der Waals surface area contributed by atoms with Crippen LogP contribution in [0.15, 0.2) is 48.7 Å². The van der Waals surface area contributed by atoms with Gasteiger partial charge in [0, 0.05) is 30.8 Å². The number of para-hydroxylation sites is 1. The first-order chi connectivity index (χ1) is 13.2. The number of carbonyl (C=O) groups excluding carboxylic acids is 1. The summed E-state index contributed by atoms with van der Waals surface area (Å²) in [5, 5.41) is 9.07. The molecule has 1 amide bonds. The number of likely N-dealkylation sites (tertiary alicyclic amines) is 1. The lowest BCUT2D eigenvalue weighted by Gasteiger charge is -2.28. The summed E-state index contributed by atoms with van der Waals surface area (Å²) in [6.07, 6.45) is 3.28. The summed E-state index contributed by atoms with van der Waals surface area (Å²) in [5.74, 6) is 1.04. The number of imidazole rings is 1. The number of hydrogen-bond acceptors (Lipinski definition) is 4. The molecule has 2 aromatic heterocycles. The number of nitrogens with zero attached hydrogens (tertiary/aromatic N) is 4. The third-order valence-corrected chi connectivity index (χ3v) is 5.07. The van der Waals surface area contributed by atoms with Crippen molar-refractivity contribution in [1.82, 2.24) is 14.3 Å². The van der Waals surface area contributed by atoms with Gasteiger partial charge in [-0.05, 0) is 37.1 Å². The number of rotatable bonds is 3. The molecule has 1 saturated heterocycles. The van der Waals surface area contributed by atoms with Crippen molar-refractivity contribution in [3.05, 3.63) is 54.5 Å². The quantitative estimate of drug-likeness (QED) is 0.718. The van der Waals surface area contributed by atoms with Crippen LogP contribution in [0.5, 0.6) is 5.75 Å². The highest BCUT2D eigenvalue weighted by Gasteiger charge is 2.27. The van der Waals surface area contributed by atoms with Gasteiger partial charge in [-0.3, -0.25) is 9.20 Å². The largest absolute Gasteiger partial charge is 0.496 e. The molecule has 1 aromatic carbocycles. The van der Waals surface area contributed by atoms with Crippen molar-refractivity contribution in [1.29, 1.82) is 5.26 Å². The van der Waals surface area contributed by atoms with Gasteiger partial charge in [0.15, 0.2) is 0 Å². The molecule has 0 saturated carbocycles. The Labute approximate surface area is 157 Å². The molecule has 1 aliphatic rings. The predicted molar refractivity (Wildman–Crippen MR) is 101 cm³/mol. The number of amides is 1. The van der Waals surface area contributed by atoms with Gasteiger partial charge < -0.3 is 9.64 Å². The van der Waals surface area contributed by atoms with Crippen LogP contribution in [0.4, 0.5) is 0 Å². The van der Waals surface area contributed by atoms with E-state index in [1.54, 1.807) is 12.0 Å². The van der Waals surface area contributed by atoms with Crippen molar-refractivity contribution in [2.24, 2.45) is 5.92 Å². The van der Waals surface area contributed by atoms with E-state index in [0.29, 0.717) is 31.8 Å².